The summed E-state index contributed by atoms with van der Waals surface area (Å²) in [5, 5.41) is 10.7. The molecule has 1 saturated heterocycles. The first-order chi connectivity index (χ1) is 23.6. The quantitative estimate of drug-likeness (QED) is 0.117. The monoisotopic (exact) mass is 685 g/mol. The number of carbonyl (C=O) groups excluding carboxylic acids is 1. The number of hydrogen-bond acceptors (Lipinski definition) is 8. The number of benzene rings is 2. The summed E-state index contributed by atoms with van der Waals surface area (Å²) in [6.07, 6.45) is 2.71. The van der Waals surface area contributed by atoms with Gasteiger partial charge in [-0.3, -0.25) is 4.40 Å². The van der Waals surface area contributed by atoms with Crippen LogP contribution in [0.5, 0.6) is 5.75 Å². The molecule has 0 spiro atoms. The first-order valence-electron chi connectivity index (χ1n) is 17.8. The van der Waals surface area contributed by atoms with E-state index in [4.69, 9.17) is 23.9 Å². The van der Waals surface area contributed by atoms with Gasteiger partial charge in [0.1, 0.15) is 17.2 Å². The molecule has 5 rings (SSSR count). The number of nitrogens with zero attached hydrogens (tertiary/aromatic N) is 3. The highest BCUT2D eigenvalue weighted by molar-refractivity contribution is 5.82. The smallest absolute Gasteiger partial charge is 0.339 e. The van der Waals surface area contributed by atoms with Crippen LogP contribution in [-0.2, 0) is 23.7 Å². The number of piperidine rings is 1. The molecule has 0 amide bonds. The van der Waals surface area contributed by atoms with Crippen molar-refractivity contribution in [2.24, 2.45) is 5.92 Å². The summed E-state index contributed by atoms with van der Waals surface area (Å²) in [4.78, 5) is 21.1. The van der Waals surface area contributed by atoms with Crippen LogP contribution < -0.4 is 4.90 Å². The minimum Gasteiger partial charge on any atom is -0.507 e. The second-order valence-electron chi connectivity index (χ2n) is 15.3. The van der Waals surface area contributed by atoms with Crippen molar-refractivity contribution < 1.29 is 28.8 Å². The van der Waals surface area contributed by atoms with Crippen LogP contribution in [-0.4, -0.2) is 71.7 Å². The van der Waals surface area contributed by atoms with Crippen molar-refractivity contribution in [1.82, 2.24) is 9.38 Å². The van der Waals surface area contributed by atoms with E-state index in [0.29, 0.717) is 32.2 Å². The first kappa shape index (κ1) is 37.3. The number of imidazole rings is 1. The van der Waals surface area contributed by atoms with Gasteiger partial charge < -0.3 is 29.0 Å². The third kappa shape index (κ3) is 8.33. The lowest BCUT2D eigenvalue weighted by molar-refractivity contribution is -0.164. The predicted octanol–water partition coefficient (Wildman–Crippen LogP) is 8.38. The van der Waals surface area contributed by atoms with Crippen molar-refractivity contribution in [3.63, 3.8) is 0 Å². The number of aryl methyl sites for hydroxylation is 2. The zero-order valence-corrected chi connectivity index (χ0v) is 31.6. The second-order valence-corrected chi connectivity index (χ2v) is 15.3. The number of ether oxygens (including phenoxy) is 4. The number of methoxy groups -OCH3 is 1. The van der Waals surface area contributed by atoms with E-state index < -0.39 is 17.7 Å². The molecule has 1 fully saturated rings. The molecule has 9 nitrogen and oxygen atoms in total. The molecule has 0 aliphatic carbocycles. The number of esters is 1. The average Bonchev–Trinajstić information content (AvgIpc) is 3.50. The largest absolute Gasteiger partial charge is 0.507 e. The number of phenolic OH excluding ortho intramolecular Hbond substituents is 1. The molecule has 9 heteroatoms. The van der Waals surface area contributed by atoms with Crippen LogP contribution in [0.15, 0.2) is 48.7 Å². The van der Waals surface area contributed by atoms with Gasteiger partial charge in [-0.25, -0.2) is 9.78 Å². The van der Waals surface area contributed by atoms with Gasteiger partial charge in [0.2, 0.25) is 0 Å². The van der Waals surface area contributed by atoms with Crippen molar-refractivity contribution in [3.05, 3.63) is 70.9 Å². The van der Waals surface area contributed by atoms with Gasteiger partial charge in [0.15, 0.2) is 6.10 Å². The summed E-state index contributed by atoms with van der Waals surface area (Å²) in [5.41, 5.74) is 6.97. The summed E-state index contributed by atoms with van der Waals surface area (Å²) < 4.78 is 26.2. The van der Waals surface area contributed by atoms with Crippen molar-refractivity contribution in [2.75, 3.05) is 44.9 Å². The Labute approximate surface area is 297 Å². The zero-order chi connectivity index (χ0) is 36.4. The van der Waals surface area contributed by atoms with E-state index >= 15 is 0 Å². The van der Waals surface area contributed by atoms with E-state index in [9.17, 15) is 9.90 Å². The third-order valence-corrected chi connectivity index (χ3v) is 9.50. The molecule has 270 valence electrons. The highest BCUT2D eigenvalue weighted by Gasteiger charge is 2.38. The van der Waals surface area contributed by atoms with Crippen LogP contribution in [0.2, 0.25) is 0 Å². The number of anilines is 1. The number of phenols is 1. The maximum Gasteiger partial charge on any atom is 0.339 e. The van der Waals surface area contributed by atoms with Crippen LogP contribution >= 0.6 is 0 Å². The predicted molar refractivity (Wildman–Crippen MR) is 199 cm³/mol. The third-order valence-electron chi connectivity index (χ3n) is 9.50. The zero-order valence-electron chi connectivity index (χ0n) is 31.6. The maximum absolute atomic E-state index is 13.5. The Hall–Kier alpha value is -3.92. The minimum absolute atomic E-state index is 0.243. The number of carbonyl (C=O) groups is 1. The number of fused-ring (bicyclic) bond motifs is 1. The Bertz CT molecular complexity index is 1810. The lowest BCUT2D eigenvalue weighted by Crippen LogP contribution is -2.46. The van der Waals surface area contributed by atoms with Crippen LogP contribution in [0.1, 0.15) is 82.7 Å². The van der Waals surface area contributed by atoms with E-state index in [-0.39, 0.29) is 11.4 Å². The number of pyridine rings is 1. The topological polar surface area (TPSA) is 94.8 Å². The van der Waals surface area contributed by atoms with Crippen LogP contribution in [0.4, 0.5) is 5.82 Å². The van der Waals surface area contributed by atoms with E-state index in [2.05, 4.69) is 42.3 Å². The van der Waals surface area contributed by atoms with E-state index in [1.165, 1.54) is 7.11 Å². The molecule has 2 aromatic heterocycles. The standard InChI is InChI=1S/C41H55N3O6/c1-26(2)25-48-20-21-49-41(9)16-18-43(19-17-41)38-35(36(39(46)47-10)50-40(6,7)8)28(4)29(5)37-42-33(24-44(37)38)31-13-11-12-30(23-31)32-15-14-27(3)22-34(32)45/h11-15,22-24,26,36,45H,16-21,25H2,1-10H3/t36-/m0/s1. The van der Waals surface area contributed by atoms with E-state index in [0.717, 1.165) is 75.6 Å². The molecule has 0 saturated carbocycles. The molecule has 50 heavy (non-hydrogen) atoms. The van der Waals surface area contributed by atoms with Gasteiger partial charge >= 0.3 is 5.97 Å². The average molecular weight is 686 g/mol. The van der Waals surface area contributed by atoms with Crippen molar-refractivity contribution in [3.8, 4) is 28.1 Å². The fourth-order valence-corrected chi connectivity index (χ4v) is 6.67. The van der Waals surface area contributed by atoms with Gasteiger partial charge in [-0.1, -0.05) is 44.2 Å². The summed E-state index contributed by atoms with van der Waals surface area (Å²) in [5.74, 6) is 1.16. The minimum atomic E-state index is -0.945. The van der Waals surface area contributed by atoms with Gasteiger partial charge in [-0.15, -0.1) is 0 Å². The molecule has 1 N–H and O–H groups in total. The fourth-order valence-electron chi connectivity index (χ4n) is 6.67. The highest BCUT2D eigenvalue weighted by atomic mass is 16.6. The van der Waals surface area contributed by atoms with Crippen molar-refractivity contribution in [1.29, 1.82) is 0 Å². The molecule has 4 aromatic rings. The van der Waals surface area contributed by atoms with Crippen molar-refractivity contribution >= 4 is 17.4 Å². The van der Waals surface area contributed by atoms with Crippen LogP contribution in [0.3, 0.4) is 0 Å². The molecule has 0 radical (unpaired) electrons. The molecule has 1 aliphatic heterocycles. The lowest BCUT2D eigenvalue weighted by Gasteiger charge is -2.42. The summed E-state index contributed by atoms with van der Waals surface area (Å²) in [6, 6.07) is 13.8. The van der Waals surface area contributed by atoms with Gasteiger partial charge in [-0.2, -0.15) is 0 Å². The molecule has 0 unspecified atom stereocenters. The molecule has 1 atom stereocenters. The number of rotatable bonds is 12. The number of aromatic nitrogens is 2. The molecular formula is C41H55N3O6. The van der Waals surface area contributed by atoms with E-state index in [1.807, 2.05) is 71.9 Å². The van der Waals surface area contributed by atoms with Crippen LogP contribution in [0, 0.1) is 26.7 Å². The Morgan fingerprint density at radius 3 is 2.34 bits per heavy atom. The Kier molecular flexibility index (Phi) is 11.3. The molecule has 1 aliphatic rings. The van der Waals surface area contributed by atoms with Gasteiger partial charge in [0.25, 0.3) is 0 Å². The summed E-state index contributed by atoms with van der Waals surface area (Å²) >= 11 is 0. The summed E-state index contributed by atoms with van der Waals surface area (Å²) in [7, 11) is 1.41. The number of hydrogen-bond donors (Lipinski definition) is 1. The van der Waals surface area contributed by atoms with Crippen LogP contribution in [0.25, 0.3) is 28.0 Å². The summed E-state index contributed by atoms with van der Waals surface area (Å²) in [6.45, 7) is 21.6. The number of aromatic hydroxyl groups is 1. The SMILES string of the molecule is COC(=O)[C@@H](OC(C)(C)C)c1c(C)c(C)c2nc(-c3cccc(-c4ccc(C)cc4O)c3)cn2c1N1CCC(C)(OCCOCC(C)C)CC1. The van der Waals surface area contributed by atoms with E-state index in [1.54, 1.807) is 6.07 Å². The highest BCUT2D eigenvalue weighted by Crippen LogP contribution is 2.41. The van der Waals surface area contributed by atoms with Crippen molar-refractivity contribution in [2.45, 2.75) is 92.5 Å². The van der Waals surface area contributed by atoms with Gasteiger partial charge in [0.05, 0.1) is 37.2 Å². The Balaban J connectivity index is 1.59. The first-order valence-corrected chi connectivity index (χ1v) is 17.8. The molecule has 3 heterocycles. The van der Waals surface area contributed by atoms with Gasteiger partial charge in [-0.05, 0) is 102 Å². The Morgan fingerprint density at radius 2 is 1.70 bits per heavy atom. The second kappa shape index (κ2) is 15.1. The molecular weight excluding hydrogens is 630 g/mol. The maximum atomic E-state index is 13.5. The fraction of sp³-hybridized carbons (Fsp3) is 0.512. The normalized spacial score (nSPS) is 15.5. The molecule has 0 bridgehead atoms. The Morgan fingerprint density at radius 1 is 1.00 bits per heavy atom. The lowest BCUT2D eigenvalue weighted by atomic mass is 9.92. The molecule has 2 aromatic carbocycles. The van der Waals surface area contributed by atoms with Gasteiger partial charge in [0, 0.05) is 42.6 Å².